The minimum absolute atomic E-state index is 0.208. The zero-order valence-electron chi connectivity index (χ0n) is 18.4. The van der Waals surface area contributed by atoms with E-state index < -0.39 is 0 Å². The van der Waals surface area contributed by atoms with Gasteiger partial charge in [0.15, 0.2) is 12.3 Å². The maximum absolute atomic E-state index is 9.02. The third kappa shape index (κ3) is 5.86. The molecule has 0 saturated carbocycles. The molecule has 1 aromatic carbocycles. The second kappa shape index (κ2) is 10.3. The van der Waals surface area contributed by atoms with E-state index in [1.165, 1.54) is 0 Å². The van der Waals surface area contributed by atoms with Crippen molar-refractivity contribution >= 4 is 17.4 Å². The van der Waals surface area contributed by atoms with Crippen LogP contribution in [0.25, 0.3) is 11.1 Å². The number of para-hydroxylation sites is 1. The minimum Gasteiger partial charge on any atom is -0.489 e. The van der Waals surface area contributed by atoms with Gasteiger partial charge in [-0.05, 0) is 25.1 Å². The molecule has 1 aliphatic rings. The van der Waals surface area contributed by atoms with Gasteiger partial charge in [-0.25, -0.2) is 4.99 Å². The van der Waals surface area contributed by atoms with Crippen LogP contribution in [0.2, 0.25) is 0 Å². The number of hydrogen-bond acceptors (Lipinski definition) is 7. The fourth-order valence-corrected chi connectivity index (χ4v) is 3.34. The van der Waals surface area contributed by atoms with Crippen molar-refractivity contribution in [1.82, 2.24) is 20.1 Å². The van der Waals surface area contributed by atoms with E-state index in [1.54, 1.807) is 16.9 Å². The smallest absolute Gasteiger partial charge is 0.209 e. The second-order valence-corrected chi connectivity index (χ2v) is 7.51. The third-order valence-corrected chi connectivity index (χ3v) is 4.88. The van der Waals surface area contributed by atoms with Gasteiger partial charge in [0, 0.05) is 48.4 Å². The highest BCUT2D eigenvalue weighted by Crippen LogP contribution is 2.29. The molecule has 0 spiro atoms. The number of aromatic nitrogens is 3. The summed E-state index contributed by atoms with van der Waals surface area (Å²) in [5.74, 6) is 1.09. The van der Waals surface area contributed by atoms with Gasteiger partial charge in [0.2, 0.25) is 5.96 Å². The summed E-state index contributed by atoms with van der Waals surface area (Å²) in [6, 6.07) is 11.5. The molecule has 3 aromatic rings. The van der Waals surface area contributed by atoms with Crippen LogP contribution in [0.4, 0.5) is 5.69 Å². The zero-order chi connectivity index (χ0) is 23.0. The van der Waals surface area contributed by atoms with Crippen molar-refractivity contribution in [2.24, 2.45) is 17.2 Å². The van der Waals surface area contributed by atoms with Gasteiger partial charge >= 0.3 is 0 Å². The van der Waals surface area contributed by atoms with Gasteiger partial charge in [0.25, 0.3) is 0 Å². The molecule has 0 fully saturated rings. The first kappa shape index (κ1) is 21.8. The molecule has 10 nitrogen and oxygen atoms in total. The molecule has 2 aromatic heterocycles. The fraction of sp³-hybridized carbons (Fsp3) is 0.261. The lowest BCUT2D eigenvalue weighted by molar-refractivity contribution is 0.0472. The molecule has 4 rings (SSSR count). The van der Waals surface area contributed by atoms with Crippen molar-refractivity contribution in [3.05, 3.63) is 60.7 Å². The normalized spacial score (nSPS) is 15.4. The number of nitrogens with one attached hydrogen (secondary N) is 2. The first-order valence-electron chi connectivity index (χ1n) is 10.4. The minimum atomic E-state index is -0.208. The van der Waals surface area contributed by atoms with Crippen LogP contribution < -0.4 is 15.4 Å². The number of pyridine rings is 1. The van der Waals surface area contributed by atoms with Crippen molar-refractivity contribution in [2.45, 2.75) is 19.4 Å². The molecule has 0 saturated heterocycles. The molecule has 1 unspecified atom stereocenters. The quantitative estimate of drug-likeness (QED) is 0.249. The van der Waals surface area contributed by atoms with Gasteiger partial charge in [-0.2, -0.15) is 10.4 Å². The summed E-state index contributed by atoms with van der Waals surface area (Å²) in [5, 5.41) is 23.0. The molecule has 2 N–H and O–H groups in total. The molecule has 168 valence electrons. The molecule has 0 bridgehead atoms. The predicted molar refractivity (Wildman–Crippen MR) is 125 cm³/mol. The van der Waals surface area contributed by atoms with Crippen LogP contribution >= 0.6 is 0 Å². The maximum atomic E-state index is 9.02. The van der Waals surface area contributed by atoms with Crippen LogP contribution in [-0.4, -0.2) is 45.7 Å². The molecule has 1 aliphatic heterocycles. The number of rotatable bonds is 7. The number of anilines is 1. The lowest BCUT2D eigenvalue weighted by atomic mass is 10.1. The maximum Gasteiger partial charge on any atom is 0.209 e. The van der Waals surface area contributed by atoms with E-state index in [-0.39, 0.29) is 6.10 Å². The molecule has 0 aliphatic carbocycles. The lowest BCUT2D eigenvalue weighted by Gasteiger charge is -2.13. The van der Waals surface area contributed by atoms with Crippen molar-refractivity contribution in [1.29, 1.82) is 5.26 Å². The van der Waals surface area contributed by atoms with Gasteiger partial charge < -0.3 is 14.9 Å². The van der Waals surface area contributed by atoms with Crippen LogP contribution in [0.1, 0.15) is 12.1 Å². The first-order valence-corrected chi connectivity index (χ1v) is 10.4. The summed E-state index contributed by atoms with van der Waals surface area (Å²) in [6.07, 6.45) is 7.71. The van der Waals surface area contributed by atoms with E-state index in [9.17, 15) is 0 Å². The van der Waals surface area contributed by atoms with Gasteiger partial charge in [0.1, 0.15) is 12.4 Å². The van der Waals surface area contributed by atoms with Gasteiger partial charge in [0.05, 0.1) is 18.5 Å². The Morgan fingerprint density at radius 1 is 1.36 bits per heavy atom. The number of benzene rings is 1. The fourth-order valence-electron chi connectivity index (χ4n) is 3.34. The van der Waals surface area contributed by atoms with Crippen LogP contribution in [0, 0.1) is 18.4 Å². The summed E-state index contributed by atoms with van der Waals surface area (Å²) in [7, 11) is 1.88. The summed E-state index contributed by atoms with van der Waals surface area (Å²) in [6.45, 7) is 2.54. The highest BCUT2D eigenvalue weighted by molar-refractivity contribution is 5.97. The number of oxime groups is 1. The molecule has 1 atom stereocenters. The van der Waals surface area contributed by atoms with Gasteiger partial charge in [-0.3, -0.25) is 15.0 Å². The molecule has 0 amide bonds. The topological polar surface area (TPSA) is 122 Å². The molecule has 0 radical (unpaired) electrons. The lowest BCUT2D eigenvalue weighted by Crippen LogP contribution is -2.28. The summed E-state index contributed by atoms with van der Waals surface area (Å²) < 4.78 is 7.80. The van der Waals surface area contributed by atoms with Crippen LogP contribution in [0.3, 0.4) is 0 Å². The van der Waals surface area contributed by atoms with Crippen LogP contribution in [0.15, 0.2) is 65.1 Å². The number of hydrogen-bond donors (Lipinski definition) is 2. The van der Waals surface area contributed by atoms with E-state index in [0.717, 1.165) is 34.0 Å². The third-order valence-electron chi connectivity index (χ3n) is 4.88. The average Bonchev–Trinajstić information content (AvgIpc) is 3.45. The Bertz CT molecular complexity index is 1210. The Balaban J connectivity index is 1.32. The van der Waals surface area contributed by atoms with Gasteiger partial charge in [-0.15, -0.1) is 0 Å². The SMILES string of the molecule is Cc1cc(NC(=NCC2=NOC(COc3ccccc3-c3cnn(C)c3)C2)NC#N)ccn1. The van der Waals surface area contributed by atoms with Crippen molar-refractivity contribution in [2.75, 3.05) is 18.5 Å². The Hall–Kier alpha value is -4.39. The Morgan fingerprint density at radius 3 is 3.03 bits per heavy atom. The summed E-state index contributed by atoms with van der Waals surface area (Å²) >= 11 is 0. The molecule has 33 heavy (non-hydrogen) atoms. The predicted octanol–water partition coefficient (Wildman–Crippen LogP) is 2.85. The first-order chi connectivity index (χ1) is 16.1. The average molecular weight is 444 g/mol. The largest absolute Gasteiger partial charge is 0.489 e. The molecule has 3 heterocycles. The Labute approximate surface area is 191 Å². The zero-order valence-corrected chi connectivity index (χ0v) is 18.4. The highest BCUT2D eigenvalue weighted by Gasteiger charge is 2.22. The Morgan fingerprint density at radius 2 is 2.24 bits per heavy atom. The number of nitriles is 1. The van der Waals surface area contributed by atoms with E-state index >= 15 is 0 Å². The van der Waals surface area contributed by atoms with Crippen LogP contribution in [-0.2, 0) is 11.9 Å². The van der Waals surface area contributed by atoms with Crippen molar-refractivity contribution in [3.8, 4) is 23.1 Å². The van der Waals surface area contributed by atoms with Crippen molar-refractivity contribution < 1.29 is 9.57 Å². The summed E-state index contributed by atoms with van der Waals surface area (Å²) in [5.41, 5.74) is 4.37. The molecule has 10 heteroatoms. The van der Waals surface area contributed by atoms with E-state index in [2.05, 4.69) is 30.9 Å². The number of aryl methyl sites for hydroxylation is 2. The number of ether oxygens (including phenoxy) is 1. The molecular weight excluding hydrogens is 420 g/mol. The van der Waals surface area contributed by atoms with Crippen molar-refractivity contribution in [3.63, 3.8) is 0 Å². The summed E-state index contributed by atoms with van der Waals surface area (Å²) in [4.78, 5) is 14.1. The number of guanidine groups is 1. The number of nitrogens with zero attached hydrogens (tertiary/aromatic N) is 6. The standard InChI is InChI=1S/C23H24N8O2/c1-16-9-18(7-8-25-16)29-23(27-15-24)26-12-19-10-20(33-30-19)14-32-22-6-4-3-5-21(22)17-11-28-31(2)13-17/h3-9,11,13,20H,10,12,14H2,1-2H3,(H2,25,26,27,29). The number of aliphatic imine (C=N–C) groups is 1. The van der Waals surface area contributed by atoms with E-state index in [1.807, 2.05) is 62.9 Å². The second-order valence-electron chi connectivity index (χ2n) is 7.51. The monoisotopic (exact) mass is 444 g/mol. The van der Waals surface area contributed by atoms with Crippen LogP contribution in [0.5, 0.6) is 5.75 Å². The highest BCUT2D eigenvalue weighted by atomic mass is 16.7. The van der Waals surface area contributed by atoms with E-state index in [4.69, 9.17) is 14.8 Å². The van der Waals surface area contributed by atoms with E-state index in [0.29, 0.717) is 25.5 Å². The Kier molecular flexibility index (Phi) is 6.80. The molecular formula is C23H24N8O2. The van der Waals surface area contributed by atoms with Gasteiger partial charge in [-0.1, -0.05) is 23.4 Å².